The van der Waals surface area contributed by atoms with E-state index in [1.54, 1.807) is 24.3 Å². The molecular weight excluding hydrogens is 510 g/mol. The van der Waals surface area contributed by atoms with Crippen LogP contribution in [0, 0.1) is 12.7 Å². The van der Waals surface area contributed by atoms with E-state index in [0.717, 1.165) is 27.3 Å². The first kappa shape index (κ1) is 24.7. The van der Waals surface area contributed by atoms with Gasteiger partial charge in [-0.2, -0.15) is 13.2 Å². The maximum absolute atomic E-state index is 14.4. The number of nitrogens with zero attached hydrogens (tertiary/aromatic N) is 2. The first-order chi connectivity index (χ1) is 15.5. The number of aromatic nitrogens is 2. The third kappa shape index (κ3) is 4.88. The van der Waals surface area contributed by atoms with Crippen molar-refractivity contribution in [2.45, 2.75) is 32.2 Å². The maximum atomic E-state index is 14.4. The van der Waals surface area contributed by atoms with Crippen molar-refractivity contribution in [3.05, 3.63) is 96.0 Å². The fourth-order valence-electron chi connectivity index (χ4n) is 3.53. The second-order valence-electron chi connectivity index (χ2n) is 7.30. The van der Waals surface area contributed by atoms with E-state index in [0.29, 0.717) is 11.3 Å². The lowest BCUT2D eigenvalue weighted by molar-refractivity contribution is -0.138. The van der Waals surface area contributed by atoms with Crippen molar-refractivity contribution in [3.63, 3.8) is 0 Å². The van der Waals surface area contributed by atoms with Gasteiger partial charge in [-0.1, -0.05) is 24.3 Å². The van der Waals surface area contributed by atoms with Gasteiger partial charge < -0.3 is 10.5 Å². The Morgan fingerprint density at radius 3 is 2.39 bits per heavy atom. The van der Waals surface area contributed by atoms with Crippen LogP contribution < -0.4 is 21.7 Å². The summed E-state index contributed by atoms with van der Waals surface area (Å²) in [5.74, 6) is -0.665. The maximum Gasteiger partial charge on any atom is 0.416 e. The summed E-state index contributed by atoms with van der Waals surface area (Å²) in [4.78, 5) is 26.0. The second kappa shape index (κ2) is 9.52. The van der Waals surface area contributed by atoms with E-state index >= 15 is 0 Å². The van der Waals surface area contributed by atoms with E-state index < -0.39 is 47.0 Å². The third-order valence-corrected chi connectivity index (χ3v) is 6.19. The molecule has 0 bridgehead atoms. The standard InChI is InChI=1S/C22H20BrF4N3O3/c1-12-19(23)20(31)30(11-17(28)13-6-3-4-9-18(13)33-2)21(32)29(12)10-14-15(22(25,26)27)7-5-8-16(14)24/h3-9,17H,10-11,28H2,1-2H3. The SMILES string of the molecule is COc1ccccc1C(N)Cn1c(=O)c(Br)c(C)n(Cc2c(F)cccc2C(F)(F)F)c1=O. The molecule has 2 aromatic carbocycles. The quantitative estimate of drug-likeness (QED) is 0.489. The van der Waals surface area contributed by atoms with Gasteiger partial charge in [-0.25, -0.2) is 9.18 Å². The molecule has 3 aromatic rings. The lowest BCUT2D eigenvalue weighted by Crippen LogP contribution is -2.44. The zero-order valence-electron chi connectivity index (χ0n) is 17.6. The minimum atomic E-state index is -4.83. The number of para-hydroxylation sites is 1. The predicted octanol–water partition coefficient (Wildman–Crippen LogP) is 4.00. The van der Waals surface area contributed by atoms with Gasteiger partial charge in [0, 0.05) is 16.8 Å². The Morgan fingerprint density at radius 2 is 1.76 bits per heavy atom. The number of hydrogen-bond donors (Lipinski definition) is 1. The van der Waals surface area contributed by atoms with Crippen LogP contribution in [0.3, 0.4) is 0 Å². The number of hydrogen-bond acceptors (Lipinski definition) is 4. The molecule has 33 heavy (non-hydrogen) atoms. The smallest absolute Gasteiger partial charge is 0.416 e. The van der Waals surface area contributed by atoms with Gasteiger partial charge in [0.1, 0.15) is 16.0 Å². The number of ether oxygens (including phenoxy) is 1. The van der Waals surface area contributed by atoms with Gasteiger partial charge in [-0.15, -0.1) is 0 Å². The molecule has 6 nitrogen and oxygen atoms in total. The number of alkyl halides is 3. The van der Waals surface area contributed by atoms with Crippen LogP contribution in [0.25, 0.3) is 0 Å². The number of methoxy groups -OCH3 is 1. The van der Waals surface area contributed by atoms with Crippen LogP contribution in [0.15, 0.2) is 56.5 Å². The lowest BCUT2D eigenvalue weighted by atomic mass is 10.1. The number of benzene rings is 2. The van der Waals surface area contributed by atoms with E-state index in [1.807, 2.05) is 0 Å². The van der Waals surface area contributed by atoms with Crippen molar-refractivity contribution in [1.82, 2.24) is 9.13 Å². The molecule has 1 unspecified atom stereocenters. The summed E-state index contributed by atoms with van der Waals surface area (Å²) >= 11 is 3.10. The predicted molar refractivity (Wildman–Crippen MR) is 118 cm³/mol. The van der Waals surface area contributed by atoms with Crippen molar-refractivity contribution in [1.29, 1.82) is 0 Å². The van der Waals surface area contributed by atoms with Gasteiger partial charge in [0.2, 0.25) is 0 Å². The first-order valence-electron chi connectivity index (χ1n) is 9.70. The Balaban J connectivity index is 2.12. The second-order valence-corrected chi connectivity index (χ2v) is 8.09. The number of rotatable bonds is 6. The summed E-state index contributed by atoms with van der Waals surface area (Å²) in [7, 11) is 1.44. The van der Waals surface area contributed by atoms with Crippen molar-refractivity contribution in [2.75, 3.05) is 7.11 Å². The zero-order valence-corrected chi connectivity index (χ0v) is 19.2. The Morgan fingerprint density at radius 1 is 1.09 bits per heavy atom. The Hall–Kier alpha value is -2.92. The Kier molecular flexibility index (Phi) is 7.13. The summed E-state index contributed by atoms with van der Waals surface area (Å²) < 4.78 is 61.6. The van der Waals surface area contributed by atoms with Crippen molar-refractivity contribution >= 4 is 15.9 Å². The van der Waals surface area contributed by atoms with E-state index in [-0.39, 0.29) is 16.7 Å². The van der Waals surface area contributed by atoms with Crippen LogP contribution in [-0.4, -0.2) is 16.2 Å². The topological polar surface area (TPSA) is 79.2 Å². The molecule has 0 saturated carbocycles. The van der Waals surface area contributed by atoms with Gasteiger partial charge in [0.15, 0.2) is 0 Å². The van der Waals surface area contributed by atoms with Gasteiger partial charge in [-0.3, -0.25) is 13.9 Å². The van der Waals surface area contributed by atoms with Crippen LogP contribution in [0.5, 0.6) is 5.75 Å². The molecule has 176 valence electrons. The highest BCUT2D eigenvalue weighted by Gasteiger charge is 2.35. The van der Waals surface area contributed by atoms with Crippen molar-refractivity contribution in [3.8, 4) is 5.75 Å². The number of nitrogens with two attached hydrogens (primary N) is 1. The van der Waals surface area contributed by atoms with Crippen LogP contribution in [0.2, 0.25) is 0 Å². The average Bonchev–Trinajstić information content (AvgIpc) is 2.78. The van der Waals surface area contributed by atoms with Crippen molar-refractivity contribution < 1.29 is 22.3 Å². The third-order valence-electron chi connectivity index (χ3n) is 5.28. The number of halogens is 5. The van der Waals surface area contributed by atoms with Gasteiger partial charge in [-0.05, 0) is 41.1 Å². The van der Waals surface area contributed by atoms with E-state index in [4.69, 9.17) is 10.5 Å². The molecule has 3 rings (SSSR count). The molecule has 2 N–H and O–H groups in total. The largest absolute Gasteiger partial charge is 0.496 e. The first-order valence-corrected chi connectivity index (χ1v) is 10.5. The molecule has 0 fully saturated rings. The van der Waals surface area contributed by atoms with Gasteiger partial charge in [0.25, 0.3) is 5.56 Å². The lowest BCUT2D eigenvalue weighted by Gasteiger charge is -2.20. The van der Waals surface area contributed by atoms with E-state index in [2.05, 4.69) is 15.9 Å². The molecule has 0 aliphatic carbocycles. The summed E-state index contributed by atoms with van der Waals surface area (Å²) in [6.07, 6.45) is -4.83. The fraction of sp³-hybridized carbons (Fsp3) is 0.273. The minimum Gasteiger partial charge on any atom is -0.496 e. The molecule has 0 spiro atoms. The highest BCUT2D eigenvalue weighted by atomic mass is 79.9. The van der Waals surface area contributed by atoms with Crippen molar-refractivity contribution in [2.24, 2.45) is 5.73 Å². The van der Waals surface area contributed by atoms with E-state index in [1.165, 1.54) is 14.0 Å². The zero-order chi connectivity index (χ0) is 24.5. The van der Waals surface area contributed by atoms with E-state index in [9.17, 15) is 27.2 Å². The summed E-state index contributed by atoms with van der Waals surface area (Å²) in [6, 6.07) is 8.50. The molecule has 0 aliphatic rings. The highest BCUT2D eigenvalue weighted by Crippen LogP contribution is 2.33. The molecule has 0 saturated heterocycles. The Bertz CT molecular complexity index is 1300. The summed E-state index contributed by atoms with van der Waals surface area (Å²) in [5, 5.41) is 0. The molecule has 1 heterocycles. The highest BCUT2D eigenvalue weighted by molar-refractivity contribution is 9.10. The minimum absolute atomic E-state index is 0.0424. The fourth-order valence-corrected chi connectivity index (χ4v) is 3.95. The van der Waals surface area contributed by atoms with Gasteiger partial charge >= 0.3 is 11.9 Å². The van der Waals surface area contributed by atoms with Crippen LogP contribution in [0.4, 0.5) is 17.6 Å². The molecular formula is C22H20BrF4N3O3. The monoisotopic (exact) mass is 529 g/mol. The molecule has 0 amide bonds. The molecule has 1 atom stereocenters. The molecule has 0 radical (unpaired) electrons. The average molecular weight is 530 g/mol. The Labute approximate surface area is 194 Å². The molecule has 11 heteroatoms. The normalized spacial score (nSPS) is 12.6. The van der Waals surface area contributed by atoms with Gasteiger partial charge in [0.05, 0.1) is 31.8 Å². The van der Waals surface area contributed by atoms with Crippen LogP contribution in [-0.2, 0) is 19.3 Å². The summed E-state index contributed by atoms with van der Waals surface area (Å²) in [5.41, 5.74) is 3.29. The van der Waals surface area contributed by atoms with Crippen LogP contribution >= 0.6 is 15.9 Å². The molecule has 1 aromatic heterocycles. The summed E-state index contributed by atoms with van der Waals surface area (Å²) in [6.45, 7) is 0.376. The molecule has 0 aliphatic heterocycles. The van der Waals surface area contributed by atoms with Crippen LogP contribution in [0.1, 0.15) is 28.4 Å².